The number of amides is 1. The molecule has 0 fully saturated rings. The zero-order chi connectivity index (χ0) is 26.5. The van der Waals surface area contributed by atoms with Crippen molar-refractivity contribution in [2.24, 2.45) is 0 Å². The number of ether oxygens (including phenoxy) is 2. The molecule has 1 aliphatic rings. The average molecular weight is 529 g/mol. The molecule has 13 heteroatoms. The van der Waals surface area contributed by atoms with Gasteiger partial charge >= 0.3 is 18.2 Å². The van der Waals surface area contributed by atoms with Gasteiger partial charge in [0.05, 0.1) is 23.6 Å². The van der Waals surface area contributed by atoms with Crippen molar-refractivity contribution in [3.63, 3.8) is 0 Å². The van der Waals surface area contributed by atoms with Gasteiger partial charge in [-0.2, -0.15) is 17.5 Å². The first-order valence-electron chi connectivity index (χ1n) is 10.6. The first kappa shape index (κ1) is 27.0. The Kier molecular flexibility index (Phi) is 8.25. The fourth-order valence-electron chi connectivity index (χ4n) is 3.56. The maximum Gasteiger partial charge on any atom is 0.416 e. The smallest absolute Gasteiger partial charge is 0.416 e. The van der Waals surface area contributed by atoms with Gasteiger partial charge in [0.15, 0.2) is 0 Å². The van der Waals surface area contributed by atoms with E-state index in [1.54, 1.807) is 6.08 Å². The number of halogens is 3. The monoisotopic (exact) mass is 528 g/mol. The molecule has 0 aliphatic carbocycles. The van der Waals surface area contributed by atoms with Crippen LogP contribution in [0.5, 0.6) is 5.75 Å². The number of rotatable bonds is 7. The van der Waals surface area contributed by atoms with Gasteiger partial charge in [-0.25, -0.2) is 13.2 Å². The van der Waals surface area contributed by atoms with Gasteiger partial charge in [-0.05, 0) is 48.4 Å². The summed E-state index contributed by atoms with van der Waals surface area (Å²) in [5.41, 5.74) is -0.583. The first-order chi connectivity index (χ1) is 16.9. The van der Waals surface area contributed by atoms with E-state index in [0.717, 1.165) is 28.6 Å². The molecule has 194 valence electrons. The number of carboxylic acids is 1. The number of carboxylic acid groups (broad SMARTS) is 1. The summed E-state index contributed by atoms with van der Waals surface area (Å²) < 4.78 is 75.4. The van der Waals surface area contributed by atoms with Crippen molar-refractivity contribution >= 4 is 22.1 Å². The highest BCUT2D eigenvalue weighted by Gasteiger charge is 2.42. The lowest BCUT2D eigenvalue weighted by molar-refractivity contribution is -0.142. The molecule has 0 saturated heterocycles. The molecule has 0 aromatic heterocycles. The molecule has 3 rings (SSSR count). The molecule has 1 heterocycles. The SMILES string of the molecule is COc1ccc(S(=O)(=O)N2CC=CCC(NC(=O)OCc3ccc(C(F)(F)F)cc3)C2C(=O)O)cc1. The number of alkyl carbamates (subject to hydrolysis) is 1. The van der Waals surface area contributed by atoms with Gasteiger partial charge in [0.25, 0.3) is 0 Å². The van der Waals surface area contributed by atoms with Gasteiger partial charge < -0.3 is 19.9 Å². The summed E-state index contributed by atoms with van der Waals surface area (Å²) in [6.45, 7) is -0.623. The number of hydrogen-bond acceptors (Lipinski definition) is 6. The third kappa shape index (κ3) is 6.34. The Morgan fingerprint density at radius 2 is 1.72 bits per heavy atom. The molecule has 2 aromatic carbocycles. The predicted molar refractivity (Wildman–Crippen MR) is 121 cm³/mol. The number of aliphatic carboxylic acids is 1. The zero-order valence-electron chi connectivity index (χ0n) is 18.9. The van der Waals surface area contributed by atoms with Gasteiger partial charge in [-0.3, -0.25) is 4.79 Å². The van der Waals surface area contributed by atoms with Gasteiger partial charge in [-0.1, -0.05) is 24.3 Å². The Labute approximate surface area is 205 Å². The third-order valence-corrected chi connectivity index (χ3v) is 7.27. The Morgan fingerprint density at radius 1 is 1.08 bits per heavy atom. The number of carbonyl (C=O) groups excluding carboxylic acids is 1. The van der Waals surface area contributed by atoms with Gasteiger partial charge in [0.1, 0.15) is 18.4 Å². The standard InChI is InChI=1S/C23H23F3N2O7S/c1-34-17-9-11-18(12-10-17)36(32,33)28-13-3-2-4-19(20(28)21(29)30)27-22(31)35-14-15-5-7-16(8-6-15)23(24,25)26/h2-3,5-12,19-20H,4,13-14H2,1H3,(H,27,31)(H,29,30). The lowest BCUT2D eigenvalue weighted by Gasteiger charge is -2.31. The molecule has 36 heavy (non-hydrogen) atoms. The van der Waals surface area contributed by atoms with Gasteiger partial charge in [-0.15, -0.1) is 0 Å². The molecular weight excluding hydrogens is 505 g/mol. The van der Waals surface area contributed by atoms with Crippen molar-refractivity contribution in [2.45, 2.75) is 36.2 Å². The third-order valence-electron chi connectivity index (χ3n) is 5.41. The number of benzene rings is 2. The average Bonchev–Trinajstić information content (AvgIpc) is 3.05. The highest BCUT2D eigenvalue weighted by atomic mass is 32.2. The molecule has 2 unspecified atom stereocenters. The highest BCUT2D eigenvalue weighted by Crippen LogP contribution is 2.29. The second-order valence-corrected chi connectivity index (χ2v) is 9.65. The van der Waals surface area contributed by atoms with Crippen molar-refractivity contribution in [3.8, 4) is 5.75 Å². The largest absolute Gasteiger partial charge is 0.497 e. The fraction of sp³-hybridized carbons (Fsp3) is 0.304. The van der Waals surface area contributed by atoms with Crippen LogP contribution in [0.1, 0.15) is 17.5 Å². The summed E-state index contributed by atoms with van der Waals surface area (Å²) in [5, 5.41) is 12.2. The number of nitrogens with one attached hydrogen (secondary N) is 1. The van der Waals surface area contributed by atoms with Crippen LogP contribution in [0.15, 0.2) is 65.6 Å². The van der Waals surface area contributed by atoms with Crippen LogP contribution in [0.4, 0.5) is 18.0 Å². The highest BCUT2D eigenvalue weighted by molar-refractivity contribution is 7.89. The van der Waals surface area contributed by atoms with Crippen molar-refractivity contribution in [3.05, 3.63) is 71.8 Å². The molecule has 1 amide bonds. The first-order valence-corrected chi connectivity index (χ1v) is 12.0. The Hall–Kier alpha value is -3.58. The lowest BCUT2D eigenvalue weighted by atomic mass is 10.1. The summed E-state index contributed by atoms with van der Waals surface area (Å²) >= 11 is 0. The number of nitrogens with zero attached hydrogens (tertiary/aromatic N) is 1. The molecule has 2 aromatic rings. The molecule has 0 bridgehead atoms. The van der Waals surface area contributed by atoms with E-state index in [1.165, 1.54) is 37.5 Å². The summed E-state index contributed by atoms with van der Waals surface area (Å²) in [7, 11) is -2.87. The van der Waals surface area contributed by atoms with Crippen LogP contribution in [0.2, 0.25) is 0 Å². The topological polar surface area (TPSA) is 122 Å². The van der Waals surface area contributed by atoms with Crippen LogP contribution in [0.3, 0.4) is 0 Å². The quantitative estimate of drug-likeness (QED) is 0.528. The van der Waals surface area contributed by atoms with E-state index >= 15 is 0 Å². The number of methoxy groups -OCH3 is 1. The lowest BCUT2D eigenvalue weighted by Crippen LogP contribution is -2.56. The van der Waals surface area contributed by atoms with Crippen LogP contribution in [0.25, 0.3) is 0 Å². The zero-order valence-corrected chi connectivity index (χ0v) is 19.8. The predicted octanol–water partition coefficient (Wildman–Crippen LogP) is 3.41. The minimum Gasteiger partial charge on any atom is -0.497 e. The molecule has 0 saturated carbocycles. The molecule has 1 aliphatic heterocycles. The summed E-state index contributed by atoms with van der Waals surface area (Å²) in [6.07, 6.45) is -2.54. The maximum atomic E-state index is 13.3. The molecule has 9 nitrogen and oxygen atoms in total. The molecule has 2 atom stereocenters. The number of hydrogen-bond donors (Lipinski definition) is 2. The molecular formula is C23H23F3N2O7S. The minimum atomic E-state index is -4.51. The Morgan fingerprint density at radius 3 is 2.28 bits per heavy atom. The van der Waals surface area contributed by atoms with Crippen molar-refractivity contribution < 1.29 is 45.8 Å². The minimum absolute atomic E-state index is 0.000971. The van der Waals surface area contributed by atoms with Crippen molar-refractivity contribution in [2.75, 3.05) is 13.7 Å². The van der Waals surface area contributed by atoms with E-state index in [2.05, 4.69) is 5.32 Å². The molecule has 0 radical (unpaired) electrons. The normalized spacial score (nSPS) is 18.8. The van der Waals surface area contributed by atoms with Crippen LogP contribution in [-0.4, -0.2) is 55.6 Å². The van der Waals surface area contributed by atoms with E-state index in [0.29, 0.717) is 5.75 Å². The van der Waals surface area contributed by atoms with E-state index in [1.807, 2.05) is 0 Å². The molecule has 0 spiro atoms. The van der Waals surface area contributed by atoms with E-state index in [-0.39, 0.29) is 30.0 Å². The second-order valence-electron chi connectivity index (χ2n) is 7.76. The fourth-order valence-corrected chi connectivity index (χ4v) is 5.13. The van der Waals surface area contributed by atoms with Crippen LogP contribution >= 0.6 is 0 Å². The summed E-state index contributed by atoms with van der Waals surface area (Å²) in [5.74, 6) is -1.07. The van der Waals surface area contributed by atoms with E-state index in [9.17, 15) is 36.3 Å². The van der Waals surface area contributed by atoms with Crippen LogP contribution in [0, 0.1) is 0 Å². The van der Waals surface area contributed by atoms with Gasteiger partial charge in [0.2, 0.25) is 10.0 Å². The summed E-state index contributed by atoms with van der Waals surface area (Å²) in [4.78, 5) is 24.4. The Bertz CT molecular complexity index is 1210. The summed E-state index contributed by atoms with van der Waals surface area (Å²) in [6, 6.07) is 6.53. The van der Waals surface area contributed by atoms with Crippen LogP contribution in [-0.2, 0) is 32.3 Å². The van der Waals surface area contributed by atoms with Gasteiger partial charge in [0, 0.05) is 6.54 Å². The van der Waals surface area contributed by atoms with E-state index in [4.69, 9.17) is 9.47 Å². The van der Waals surface area contributed by atoms with Crippen molar-refractivity contribution in [1.82, 2.24) is 9.62 Å². The number of carbonyl (C=O) groups is 2. The number of sulfonamides is 1. The molecule has 2 N–H and O–H groups in total. The van der Waals surface area contributed by atoms with Crippen molar-refractivity contribution in [1.29, 1.82) is 0 Å². The maximum absolute atomic E-state index is 13.3. The second kappa shape index (κ2) is 11.0. The Balaban J connectivity index is 1.74. The number of alkyl halides is 3. The van der Waals surface area contributed by atoms with E-state index < -0.39 is 45.9 Å². The van der Waals surface area contributed by atoms with Crippen LogP contribution < -0.4 is 10.1 Å².